The highest BCUT2D eigenvalue weighted by Gasteiger charge is 2.30. The highest BCUT2D eigenvalue weighted by molar-refractivity contribution is 8.02. The molecule has 1 aromatic heterocycles. The number of thioether (sulfide) groups is 1. The quantitative estimate of drug-likeness (QED) is 0.280. The molecule has 190 valence electrons. The number of rotatable bonds is 13. The van der Waals surface area contributed by atoms with E-state index in [4.69, 9.17) is 9.98 Å². The van der Waals surface area contributed by atoms with E-state index in [0.29, 0.717) is 0 Å². The van der Waals surface area contributed by atoms with Crippen LogP contribution in [0, 0.1) is 0 Å². The molecule has 2 N–H and O–H groups in total. The highest BCUT2D eigenvalue weighted by atomic mass is 32.2. The molecule has 3 rings (SSSR count). The number of aliphatic carboxylic acids is 1. The fourth-order valence-electron chi connectivity index (χ4n) is 4.15. The first kappa shape index (κ1) is 26.9. The van der Waals surface area contributed by atoms with Gasteiger partial charge >= 0.3 is 5.97 Å². The number of guanidine groups is 1. The molecule has 0 bridgehead atoms. The van der Waals surface area contributed by atoms with E-state index in [0.717, 1.165) is 61.6 Å². The average molecular weight is 508 g/mol. The third-order valence-electron chi connectivity index (χ3n) is 6.38. The monoisotopic (exact) mass is 507 g/mol. The van der Waals surface area contributed by atoms with Gasteiger partial charge in [-0.15, -0.1) is 11.3 Å². The van der Waals surface area contributed by atoms with Gasteiger partial charge in [0, 0.05) is 44.2 Å². The number of aromatic nitrogens is 1. The molecule has 0 unspecified atom stereocenters. The summed E-state index contributed by atoms with van der Waals surface area (Å²) in [6.07, 6.45) is 13.1. The molecule has 9 heteroatoms. The molecule has 1 fully saturated rings. The molecule has 0 amide bonds. The first-order valence-electron chi connectivity index (χ1n) is 12.8. The lowest BCUT2D eigenvalue weighted by Crippen LogP contribution is -2.44. The third kappa shape index (κ3) is 8.18. The van der Waals surface area contributed by atoms with E-state index >= 15 is 0 Å². The summed E-state index contributed by atoms with van der Waals surface area (Å²) in [6, 6.07) is 0. The Kier molecular flexibility index (Phi) is 10.6. The number of likely N-dealkylation sites (tertiary alicyclic amines) is 1. The van der Waals surface area contributed by atoms with E-state index in [2.05, 4.69) is 33.6 Å². The number of unbranched alkanes of at least 4 members (excludes halogenated alkanes) is 4. The molecule has 1 aromatic rings. The number of thiazole rings is 1. The lowest BCUT2D eigenvalue weighted by molar-refractivity contribution is -0.138. The molecule has 7 nitrogen and oxygen atoms in total. The largest absolute Gasteiger partial charge is 0.480 e. The van der Waals surface area contributed by atoms with Gasteiger partial charge in [-0.2, -0.15) is 0 Å². The number of aliphatic imine (C=N–C) groups is 1. The van der Waals surface area contributed by atoms with Gasteiger partial charge in [-0.3, -0.25) is 4.79 Å². The van der Waals surface area contributed by atoms with Gasteiger partial charge in [0.2, 0.25) is 0 Å². The van der Waals surface area contributed by atoms with Crippen LogP contribution in [0.3, 0.4) is 0 Å². The zero-order chi connectivity index (χ0) is 24.4. The Hall–Kier alpha value is -1.74. The number of nitrogens with one attached hydrogen (secondary N) is 1. The van der Waals surface area contributed by atoms with Crippen LogP contribution in [0.1, 0.15) is 77.8 Å². The Morgan fingerprint density at radius 3 is 2.65 bits per heavy atom. The smallest absolute Gasteiger partial charge is 0.319 e. The van der Waals surface area contributed by atoms with Crippen LogP contribution in [0.4, 0.5) is 0 Å². The Bertz CT molecular complexity index is 846. The molecule has 1 saturated heterocycles. The maximum atomic E-state index is 11.4. The van der Waals surface area contributed by atoms with Crippen LogP contribution >= 0.6 is 23.1 Å². The summed E-state index contributed by atoms with van der Waals surface area (Å²) in [5.41, 5.74) is 2.32. The molecular formula is C25H41N5O2S2. The Morgan fingerprint density at radius 2 is 1.97 bits per heavy atom. The maximum Gasteiger partial charge on any atom is 0.319 e. The Labute approximate surface area is 213 Å². The standard InChI is InChI=1S/C25H41N5O2S2/c1-4-5-6-7-9-15-30(23-26-17-21(18-27-23)29-13-10-8-11-14-29)16-12-20-19-33-24(28-20)34-25(2,3)22(31)32/h17,19H,4-16,18H2,1-3H3,(H,26,27)(H,31,32). The second-order valence-corrected chi connectivity index (χ2v) is 12.4. The SMILES string of the molecule is CCCCCCCN(CCc1csc(SC(C)(C)C(=O)O)n1)C1=NCC(N2CCCCC2)=CN1. The number of nitrogens with zero attached hydrogens (tertiary/aromatic N) is 4. The molecule has 0 spiro atoms. The Morgan fingerprint density at radius 1 is 1.21 bits per heavy atom. The minimum Gasteiger partial charge on any atom is -0.480 e. The van der Waals surface area contributed by atoms with Crippen LogP contribution in [-0.2, 0) is 11.2 Å². The van der Waals surface area contributed by atoms with Crippen LogP contribution in [0.5, 0.6) is 0 Å². The van der Waals surface area contributed by atoms with Gasteiger partial charge in [-0.25, -0.2) is 9.98 Å². The van der Waals surface area contributed by atoms with Crippen molar-refractivity contribution in [3.63, 3.8) is 0 Å². The second kappa shape index (κ2) is 13.4. The number of carboxylic acid groups (broad SMARTS) is 1. The van der Waals surface area contributed by atoms with E-state index in [1.165, 1.54) is 73.7 Å². The van der Waals surface area contributed by atoms with Crippen molar-refractivity contribution < 1.29 is 9.90 Å². The van der Waals surface area contributed by atoms with E-state index < -0.39 is 10.7 Å². The average Bonchev–Trinajstić information content (AvgIpc) is 3.28. The summed E-state index contributed by atoms with van der Waals surface area (Å²) in [7, 11) is 0. The molecular weight excluding hydrogens is 466 g/mol. The number of piperidine rings is 1. The van der Waals surface area contributed by atoms with Crippen molar-refractivity contribution in [1.29, 1.82) is 0 Å². The summed E-state index contributed by atoms with van der Waals surface area (Å²) in [4.78, 5) is 25.9. The molecule has 2 aliphatic heterocycles. The minimum atomic E-state index is -0.876. The number of hydrogen-bond donors (Lipinski definition) is 2. The van der Waals surface area contributed by atoms with Gasteiger partial charge in [0.1, 0.15) is 4.75 Å². The van der Waals surface area contributed by atoms with E-state index in [9.17, 15) is 9.90 Å². The van der Waals surface area contributed by atoms with Crippen LogP contribution in [-0.4, -0.2) is 69.3 Å². The number of hydrogen-bond acceptors (Lipinski definition) is 8. The second-order valence-electron chi connectivity index (χ2n) is 9.64. The van der Waals surface area contributed by atoms with Crippen molar-refractivity contribution >= 4 is 35.0 Å². The van der Waals surface area contributed by atoms with Crippen LogP contribution in [0.2, 0.25) is 0 Å². The van der Waals surface area contributed by atoms with Gasteiger partial charge in [-0.05, 0) is 39.5 Å². The van der Waals surface area contributed by atoms with Crippen LogP contribution in [0.25, 0.3) is 0 Å². The van der Waals surface area contributed by atoms with Crippen LogP contribution in [0.15, 0.2) is 26.6 Å². The summed E-state index contributed by atoms with van der Waals surface area (Å²) >= 11 is 2.85. The molecule has 0 aromatic carbocycles. The number of carbonyl (C=O) groups is 1. The van der Waals surface area contributed by atoms with Crippen molar-refractivity contribution in [2.75, 3.05) is 32.7 Å². The highest BCUT2D eigenvalue weighted by Crippen LogP contribution is 2.34. The minimum absolute atomic E-state index is 0.746. The van der Waals surface area contributed by atoms with Crippen molar-refractivity contribution in [3.8, 4) is 0 Å². The van der Waals surface area contributed by atoms with Crippen molar-refractivity contribution in [1.82, 2.24) is 20.1 Å². The van der Waals surface area contributed by atoms with E-state index in [1.54, 1.807) is 13.8 Å². The fourth-order valence-corrected chi connectivity index (χ4v) is 6.38. The fraction of sp³-hybridized carbons (Fsp3) is 0.720. The summed E-state index contributed by atoms with van der Waals surface area (Å²) in [5.74, 6) is 0.148. The lowest BCUT2D eigenvalue weighted by atomic mass is 10.1. The predicted octanol–water partition coefficient (Wildman–Crippen LogP) is 5.20. The topological polar surface area (TPSA) is 81.1 Å². The van der Waals surface area contributed by atoms with Crippen molar-refractivity contribution in [3.05, 3.63) is 23.0 Å². The van der Waals surface area contributed by atoms with Gasteiger partial charge in [0.15, 0.2) is 10.3 Å². The molecule has 0 saturated carbocycles. The van der Waals surface area contributed by atoms with Crippen molar-refractivity contribution in [2.45, 2.75) is 87.6 Å². The molecule has 0 atom stereocenters. The first-order chi connectivity index (χ1) is 16.4. The van der Waals surface area contributed by atoms with Gasteiger partial charge in [0.25, 0.3) is 0 Å². The number of carboxylic acids is 1. The zero-order valence-electron chi connectivity index (χ0n) is 21.0. The van der Waals surface area contributed by atoms with Gasteiger partial charge < -0.3 is 20.2 Å². The van der Waals surface area contributed by atoms with Gasteiger partial charge in [-0.1, -0.05) is 44.4 Å². The Balaban J connectivity index is 1.56. The first-order valence-corrected chi connectivity index (χ1v) is 14.5. The lowest BCUT2D eigenvalue weighted by Gasteiger charge is -2.34. The molecule has 3 heterocycles. The third-order valence-corrected chi connectivity index (χ3v) is 8.55. The molecule has 0 aliphatic carbocycles. The summed E-state index contributed by atoms with van der Waals surface area (Å²) in [5, 5.41) is 14.9. The summed E-state index contributed by atoms with van der Waals surface area (Å²) < 4.78 is -0.0607. The van der Waals surface area contributed by atoms with Crippen molar-refractivity contribution in [2.24, 2.45) is 4.99 Å². The summed E-state index contributed by atoms with van der Waals surface area (Å²) in [6.45, 7) is 10.6. The normalized spacial score (nSPS) is 16.6. The molecule has 34 heavy (non-hydrogen) atoms. The molecule has 2 aliphatic rings. The molecule has 0 radical (unpaired) electrons. The van der Waals surface area contributed by atoms with Gasteiger partial charge in [0.05, 0.1) is 17.9 Å². The maximum absolute atomic E-state index is 11.4. The van der Waals surface area contributed by atoms with Crippen LogP contribution < -0.4 is 5.32 Å². The zero-order valence-corrected chi connectivity index (χ0v) is 22.6. The predicted molar refractivity (Wildman–Crippen MR) is 143 cm³/mol. The van der Waals surface area contributed by atoms with E-state index in [1.807, 2.05) is 0 Å². The van der Waals surface area contributed by atoms with E-state index in [-0.39, 0.29) is 0 Å².